The summed E-state index contributed by atoms with van der Waals surface area (Å²) in [6.45, 7) is 1.97. The van der Waals surface area contributed by atoms with Crippen LogP contribution in [0, 0.1) is 12.7 Å². The summed E-state index contributed by atoms with van der Waals surface area (Å²) in [5.74, 6) is -1.18. The van der Waals surface area contributed by atoms with Gasteiger partial charge in [0.25, 0.3) is 5.56 Å². The van der Waals surface area contributed by atoms with Gasteiger partial charge in [-0.15, -0.1) is 0 Å². The number of para-hydroxylation sites is 1. The Labute approximate surface area is 166 Å². The lowest BCUT2D eigenvalue weighted by atomic mass is 10.1. The first kappa shape index (κ1) is 20.5. The maximum atomic E-state index is 13.7. The van der Waals surface area contributed by atoms with Crippen LogP contribution in [0.4, 0.5) is 15.8 Å². The number of nitrogens with one attached hydrogen (secondary N) is 2. The number of halogens is 1. The fourth-order valence-electron chi connectivity index (χ4n) is 2.82. The SMILES string of the molecule is Cc1cccc2c(=O)n(CCC(=O)Nc3ccc(F)c(NS(C)(=O)=O)c3)cnc12. The molecule has 0 aliphatic rings. The number of hydrogen-bond donors (Lipinski definition) is 2. The molecule has 1 aromatic heterocycles. The molecule has 0 unspecified atom stereocenters. The molecule has 0 fully saturated rings. The van der Waals surface area contributed by atoms with Crippen LogP contribution in [0.15, 0.2) is 47.5 Å². The number of carbonyl (C=O) groups excluding carboxylic acids is 1. The van der Waals surface area contributed by atoms with Crippen molar-refractivity contribution in [1.29, 1.82) is 0 Å². The Morgan fingerprint density at radius 2 is 2.00 bits per heavy atom. The van der Waals surface area contributed by atoms with E-state index in [4.69, 9.17) is 0 Å². The first-order valence-corrected chi connectivity index (χ1v) is 10.5. The second-order valence-corrected chi connectivity index (χ2v) is 8.33. The predicted molar refractivity (Wildman–Crippen MR) is 109 cm³/mol. The van der Waals surface area contributed by atoms with Crippen LogP contribution in [-0.2, 0) is 21.4 Å². The van der Waals surface area contributed by atoms with Crippen molar-refractivity contribution in [3.05, 3.63) is 64.5 Å². The number of anilines is 2. The Hall–Kier alpha value is -3.27. The molecule has 2 N–H and O–H groups in total. The van der Waals surface area contributed by atoms with E-state index in [2.05, 4.69) is 10.3 Å². The fourth-order valence-corrected chi connectivity index (χ4v) is 3.38. The Bertz CT molecular complexity index is 1250. The molecule has 0 aliphatic heterocycles. The van der Waals surface area contributed by atoms with Gasteiger partial charge < -0.3 is 5.32 Å². The van der Waals surface area contributed by atoms with Gasteiger partial charge in [0.15, 0.2) is 0 Å². The highest BCUT2D eigenvalue weighted by molar-refractivity contribution is 7.92. The van der Waals surface area contributed by atoms with Gasteiger partial charge in [0.05, 0.1) is 29.2 Å². The van der Waals surface area contributed by atoms with E-state index >= 15 is 0 Å². The largest absolute Gasteiger partial charge is 0.326 e. The molecule has 0 saturated carbocycles. The number of fused-ring (bicyclic) bond motifs is 1. The summed E-state index contributed by atoms with van der Waals surface area (Å²) in [5, 5.41) is 3.03. The van der Waals surface area contributed by atoms with Crippen molar-refractivity contribution in [3.63, 3.8) is 0 Å². The lowest BCUT2D eigenvalue weighted by molar-refractivity contribution is -0.116. The van der Waals surface area contributed by atoms with Crippen LogP contribution in [0.3, 0.4) is 0 Å². The molecule has 0 radical (unpaired) electrons. The number of rotatable bonds is 6. The number of benzene rings is 2. The zero-order chi connectivity index (χ0) is 21.2. The van der Waals surface area contributed by atoms with E-state index < -0.39 is 21.7 Å². The number of amides is 1. The summed E-state index contributed by atoms with van der Waals surface area (Å²) < 4.78 is 39.7. The third-order valence-electron chi connectivity index (χ3n) is 4.18. The molecule has 0 bridgehead atoms. The van der Waals surface area contributed by atoms with Gasteiger partial charge in [-0.3, -0.25) is 18.9 Å². The van der Waals surface area contributed by atoms with Gasteiger partial charge >= 0.3 is 0 Å². The van der Waals surface area contributed by atoms with Crippen molar-refractivity contribution in [1.82, 2.24) is 9.55 Å². The molecule has 8 nitrogen and oxygen atoms in total. The van der Waals surface area contributed by atoms with Gasteiger partial charge in [0.2, 0.25) is 15.9 Å². The van der Waals surface area contributed by atoms with Crippen LogP contribution in [0.25, 0.3) is 10.9 Å². The molecule has 1 amide bonds. The molecule has 0 atom stereocenters. The van der Waals surface area contributed by atoms with Crippen molar-refractivity contribution < 1.29 is 17.6 Å². The Kier molecular flexibility index (Phi) is 5.64. The summed E-state index contributed by atoms with van der Waals surface area (Å²) in [6.07, 6.45) is 2.27. The van der Waals surface area contributed by atoms with Gasteiger partial charge in [0.1, 0.15) is 5.82 Å². The highest BCUT2D eigenvalue weighted by Gasteiger charge is 2.11. The summed E-state index contributed by atoms with van der Waals surface area (Å²) in [7, 11) is -3.66. The number of aromatic nitrogens is 2. The number of carbonyl (C=O) groups is 1. The minimum absolute atomic E-state index is 0.0227. The third-order valence-corrected chi connectivity index (χ3v) is 4.77. The normalized spacial score (nSPS) is 11.4. The van der Waals surface area contributed by atoms with Crippen molar-refractivity contribution in [2.45, 2.75) is 19.9 Å². The standard InChI is InChI=1S/C19H19FN4O4S/c1-12-4-3-5-14-18(12)21-11-24(19(14)26)9-8-17(25)22-13-6-7-15(20)16(10-13)23-29(2,27)28/h3-7,10-11,23H,8-9H2,1-2H3,(H,22,25). The Morgan fingerprint density at radius 3 is 2.72 bits per heavy atom. The first-order chi connectivity index (χ1) is 13.6. The van der Waals surface area contributed by atoms with Crippen LogP contribution < -0.4 is 15.6 Å². The minimum Gasteiger partial charge on any atom is -0.326 e. The predicted octanol–water partition coefficient (Wildman–Crippen LogP) is 2.24. The molecule has 3 aromatic rings. The maximum Gasteiger partial charge on any atom is 0.261 e. The molecule has 0 aliphatic carbocycles. The van der Waals surface area contributed by atoms with Crippen LogP contribution >= 0.6 is 0 Å². The minimum atomic E-state index is -3.66. The lowest BCUT2D eigenvalue weighted by Crippen LogP contribution is -2.24. The quantitative estimate of drug-likeness (QED) is 0.638. The Morgan fingerprint density at radius 1 is 1.24 bits per heavy atom. The van der Waals surface area contributed by atoms with Gasteiger partial charge in [-0.2, -0.15) is 0 Å². The number of aryl methyl sites for hydroxylation is 2. The highest BCUT2D eigenvalue weighted by atomic mass is 32.2. The monoisotopic (exact) mass is 418 g/mol. The zero-order valence-corrected chi connectivity index (χ0v) is 16.6. The van der Waals surface area contributed by atoms with Crippen molar-refractivity contribution in [3.8, 4) is 0 Å². The molecule has 3 rings (SSSR count). The molecule has 0 saturated heterocycles. The van der Waals surface area contributed by atoms with Gasteiger partial charge in [-0.05, 0) is 36.8 Å². The average molecular weight is 418 g/mol. The van der Waals surface area contributed by atoms with Gasteiger partial charge in [-0.1, -0.05) is 12.1 Å². The molecule has 152 valence electrons. The number of hydrogen-bond acceptors (Lipinski definition) is 5. The van der Waals surface area contributed by atoms with Crippen LogP contribution in [-0.4, -0.2) is 30.1 Å². The lowest BCUT2D eigenvalue weighted by Gasteiger charge is -2.10. The second-order valence-electron chi connectivity index (χ2n) is 6.58. The topological polar surface area (TPSA) is 110 Å². The smallest absolute Gasteiger partial charge is 0.261 e. The second kappa shape index (κ2) is 8.00. The molecular weight excluding hydrogens is 399 g/mol. The molecule has 2 aromatic carbocycles. The zero-order valence-electron chi connectivity index (χ0n) is 15.8. The summed E-state index contributed by atoms with van der Waals surface area (Å²) in [5.41, 5.74) is 1.22. The van der Waals surface area contributed by atoms with Crippen LogP contribution in [0.2, 0.25) is 0 Å². The van der Waals surface area contributed by atoms with Gasteiger partial charge in [0, 0.05) is 18.7 Å². The number of nitrogens with zero attached hydrogens (tertiary/aromatic N) is 2. The van der Waals surface area contributed by atoms with E-state index in [-0.39, 0.29) is 29.9 Å². The van der Waals surface area contributed by atoms with Crippen LogP contribution in [0.5, 0.6) is 0 Å². The fraction of sp³-hybridized carbons (Fsp3) is 0.211. The molecule has 0 spiro atoms. The molecular formula is C19H19FN4O4S. The number of sulfonamides is 1. The summed E-state index contributed by atoms with van der Waals surface area (Å²) >= 11 is 0. The van der Waals surface area contributed by atoms with Crippen molar-refractivity contribution >= 4 is 38.2 Å². The van der Waals surface area contributed by atoms with E-state index in [1.807, 2.05) is 17.7 Å². The van der Waals surface area contributed by atoms with E-state index in [0.717, 1.165) is 17.9 Å². The maximum absolute atomic E-state index is 13.7. The van der Waals surface area contributed by atoms with Crippen LogP contribution in [0.1, 0.15) is 12.0 Å². The molecule has 10 heteroatoms. The summed E-state index contributed by atoms with van der Waals surface area (Å²) in [4.78, 5) is 29.1. The van der Waals surface area contributed by atoms with E-state index in [1.54, 1.807) is 12.1 Å². The van der Waals surface area contributed by atoms with E-state index in [9.17, 15) is 22.4 Å². The van der Waals surface area contributed by atoms with Crippen molar-refractivity contribution in [2.24, 2.45) is 0 Å². The molecule has 1 heterocycles. The van der Waals surface area contributed by atoms with E-state index in [1.165, 1.54) is 23.0 Å². The third kappa shape index (κ3) is 4.96. The first-order valence-electron chi connectivity index (χ1n) is 8.66. The summed E-state index contributed by atoms with van der Waals surface area (Å²) in [6, 6.07) is 8.86. The van der Waals surface area contributed by atoms with Gasteiger partial charge in [-0.25, -0.2) is 17.8 Å². The molecule has 29 heavy (non-hydrogen) atoms. The Balaban J connectivity index is 1.71. The highest BCUT2D eigenvalue weighted by Crippen LogP contribution is 2.20. The van der Waals surface area contributed by atoms with E-state index in [0.29, 0.717) is 10.9 Å². The van der Waals surface area contributed by atoms with Crippen molar-refractivity contribution in [2.75, 3.05) is 16.3 Å². The average Bonchev–Trinajstić information content (AvgIpc) is 2.63.